The van der Waals surface area contributed by atoms with Gasteiger partial charge in [0.1, 0.15) is 5.25 Å². The first kappa shape index (κ1) is 16.4. The van der Waals surface area contributed by atoms with E-state index in [1.807, 2.05) is 13.8 Å². The normalized spacial score (nSPS) is 12.2. The van der Waals surface area contributed by atoms with Crippen LogP contribution in [0, 0.1) is 12.8 Å². The number of carboxylic acids is 1. The number of aryl methyl sites for hydroxylation is 1. The fourth-order valence-corrected chi connectivity index (χ4v) is 2.40. The highest BCUT2D eigenvalue weighted by Crippen LogP contribution is 2.26. The van der Waals surface area contributed by atoms with Gasteiger partial charge in [0.2, 0.25) is 0 Å². The molecule has 0 radical (unpaired) electrons. The summed E-state index contributed by atoms with van der Waals surface area (Å²) in [6.07, 6.45) is 1.38. The molecule has 0 saturated heterocycles. The molecule has 0 saturated carbocycles. The van der Waals surface area contributed by atoms with Crippen molar-refractivity contribution in [2.24, 2.45) is 5.92 Å². The molecule has 1 N–H and O–H groups in total. The van der Waals surface area contributed by atoms with Gasteiger partial charge < -0.3 is 9.84 Å². The van der Waals surface area contributed by atoms with Crippen molar-refractivity contribution in [2.75, 3.05) is 6.61 Å². The predicted octanol–water partition coefficient (Wildman–Crippen LogP) is 2.16. The third kappa shape index (κ3) is 4.19. The lowest BCUT2D eigenvalue weighted by Crippen LogP contribution is -2.23. The predicted molar refractivity (Wildman–Crippen MR) is 74.8 cm³/mol. The maximum Gasteiger partial charge on any atom is 0.341 e. The van der Waals surface area contributed by atoms with Crippen molar-refractivity contribution in [2.45, 2.75) is 38.1 Å². The monoisotopic (exact) mass is 298 g/mol. The molecule has 6 nitrogen and oxygen atoms in total. The Bertz CT molecular complexity index is 505. The highest BCUT2D eigenvalue weighted by molar-refractivity contribution is 8.00. The van der Waals surface area contributed by atoms with Crippen molar-refractivity contribution >= 4 is 23.7 Å². The van der Waals surface area contributed by atoms with Crippen LogP contribution in [0.4, 0.5) is 0 Å². The number of carboxylic acid groups (broad SMARTS) is 1. The molecule has 0 aliphatic rings. The summed E-state index contributed by atoms with van der Waals surface area (Å²) < 4.78 is 4.89. The number of ether oxygens (including phenoxy) is 1. The van der Waals surface area contributed by atoms with Crippen molar-refractivity contribution in [3.05, 3.63) is 17.5 Å². The van der Waals surface area contributed by atoms with E-state index in [1.165, 1.54) is 6.20 Å². The third-order valence-corrected chi connectivity index (χ3v) is 3.94. The molecule has 0 aromatic carbocycles. The highest BCUT2D eigenvalue weighted by Gasteiger charge is 2.24. The van der Waals surface area contributed by atoms with Crippen LogP contribution in [0.5, 0.6) is 0 Å². The van der Waals surface area contributed by atoms with Crippen molar-refractivity contribution < 1.29 is 19.4 Å². The zero-order chi connectivity index (χ0) is 15.3. The number of carbonyl (C=O) groups is 2. The molecule has 1 rings (SSSR count). The molecule has 1 aromatic rings. The SMILES string of the molecule is CCOC(=O)c1cnc(SC(C(=O)O)C(C)C)nc1C. The number of thioether (sulfide) groups is 1. The van der Waals surface area contributed by atoms with Crippen LogP contribution < -0.4 is 0 Å². The first-order valence-corrected chi connectivity index (χ1v) is 7.15. The molecule has 7 heteroatoms. The number of esters is 1. The van der Waals surface area contributed by atoms with E-state index >= 15 is 0 Å². The molecule has 0 bridgehead atoms. The lowest BCUT2D eigenvalue weighted by molar-refractivity contribution is -0.137. The molecule has 110 valence electrons. The molecule has 0 amide bonds. The summed E-state index contributed by atoms with van der Waals surface area (Å²) >= 11 is 1.08. The Hall–Kier alpha value is -1.63. The largest absolute Gasteiger partial charge is 0.480 e. The minimum Gasteiger partial charge on any atom is -0.480 e. The Labute approximate surface area is 122 Å². The summed E-state index contributed by atoms with van der Waals surface area (Å²) in [6, 6.07) is 0. The molecule has 1 aromatic heterocycles. The van der Waals surface area contributed by atoms with Crippen molar-refractivity contribution in [3.63, 3.8) is 0 Å². The van der Waals surface area contributed by atoms with Gasteiger partial charge in [0.25, 0.3) is 0 Å². The van der Waals surface area contributed by atoms with E-state index in [0.717, 1.165) is 11.8 Å². The summed E-state index contributed by atoms with van der Waals surface area (Å²) in [7, 11) is 0. The second-order valence-electron chi connectivity index (χ2n) is 4.49. The van der Waals surface area contributed by atoms with Gasteiger partial charge in [-0.1, -0.05) is 25.6 Å². The van der Waals surface area contributed by atoms with Crippen molar-refractivity contribution in [1.82, 2.24) is 9.97 Å². The van der Waals surface area contributed by atoms with Gasteiger partial charge in [0.05, 0.1) is 17.9 Å². The van der Waals surface area contributed by atoms with Gasteiger partial charge in [0.15, 0.2) is 5.16 Å². The molecule has 0 aliphatic carbocycles. The van der Waals surface area contributed by atoms with E-state index in [1.54, 1.807) is 13.8 Å². The summed E-state index contributed by atoms with van der Waals surface area (Å²) in [5.74, 6) is -1.42. The minimum absolute atomic E-state index is 0.0499. The van der Waals surface area contributed by atoms with Gasteiger partial charge in [-0.15, -0.1) is 0 Å². The fourth-order valence-electron chi connectivity index (χ4n) is 1.50. The van der Waals surface area contributed by atoms with Gasteiger partial charge in [-0.2, -0.15) is 0 Å². The highest BCUT2D eigenvalue weighted by atomic mass is 32.2. The van der Waals surface area contributed by atoms with Crippen LogP contribution in [0.1, 0.15) is 36.8 Å². The van der Waals surface area contributed by atoms with Crippen LogP contribution in [0.2, 0.25) is 0 Å². The number of hydrogen-bond donors (Lipinski definition) is 1. The van der Waals surface area contributed by atoms with Crippen LogP contribution in [0.15, 0.2) is 11.4 Å². The van der Waals surface area contributed by atoms with E-state index in [2.05, 4.69) is 9.97 Å². The number of hydrogen-bond acceptors (Lipinski definition) is 6. The molecule has 1 heterocycles. The Morgan fingerprint density at radius 1 is 1.45 bits per heavy atom. The van der Waals surface area contributed by atoms with E-state index < -0.39 is 17.2 Å². The van der Waals surface area contributed by atoms with Crippen molar-refractivity contribution in [1.29, 1.82) is 0 Å². The van der Waals surface area contributed by atoms with Gasteiger partial charge in [0, 0.05) is 6.20 Å². The average molecular weight is 298 g/mol. The minimum atomic E-state index is -0.902. The molecule has 0 spiro atoms. The van der Waals surface area contributed by atoms with E-state index in [0.29, 0.717) is 16.4 Å². The number of aliphatic carboxylic acids is 1. The Morgan fingerprint density at radius 3 is 2.55 bits per heavy atom. The summed E-state index contributed by atoms with van der Waals surface area (Å²) in [5.41, 5.74) is 0.779. The van der Waals surface area contributed by atoms with Gasteiger partial charge in [-0.3, -0.25) is 4.79 Å². The van der Waals surface area contributed by atoms with Gasteiger partial charge in [-0.25, -0.2) is 14.8 Å². The Balaban J connectivity index is 2.92. The molecular weight excluding hydrogens is 280 g/mol. The average Bonchev–Trinajstić information content (AvgIpc) is 2.35. The van der Waals surface area contributed by atoms with E-state index in [4.69, 9.17) is 9.84 Å². The molecule has 1 atom stereocenters. The third-order valence-electron chi connectivity index (χ3n) is 2.53. The second kappa shape index (κ2) is 7.23. The summed E-state index contributed by atoms with van der Waals surface area (Å²) in [4.78, 5) is 31.0. The zero-order valence-corrected chi connectivity index (χ0v) is 12.7. The number of nitrogens with zero attached hydrogens (tertiary/aromatic N) is 2. The fraction of sp³-hybridized carbons (Fsp3) is 0.538. The van der Waals surface area contributed by atoms with Crippen LogP contribution >= 0.6 is 11.8 Å². The lowest BCUT2D eigenvalue weighted by atomic mass is 10.1. The van der Waals surface area contributed by atoms with E-state index in [-0.39, 0.29) is 12.5 Å². The Morgan fingerprint density at radius 2 is 2.10 bits per heavy atom. The van der Waals surface area contributed by atoms with Crippen molar-refractivity contribution in [3.8, 4) is 0 Å². The summed E-state index contributed by atoms with van der Waals surface area (Å²) in [5, 5.41) is 8.86. The molecule has 20 heavy (non-hydrogen) atoms. The lowest BCUT2D eigenvalue weighted by Gasteiger charge is -2.14. The smallest absolute Gasteiger partial charge is 0.341 e. The topological polar surface area (TPSA) is 89.4 Å². The number of carbonyl (C=O) groups excluding carboxylic acids is 1. The molecule has 1 unspecified atom stereocenters. The Kier molecular flexibility index (Phi) is 5.94. The zero-order valence-electron chi connectivity index (χ0n) is 11.9. The number of rotatable bonds is 6. The number of aromatic nitrogens is 2. The molecule has 0 aliphatic heterocycles. The van der Waals surface area contributed by atoms with Gasteiger partial charge in [-0.05, 0) is 19.8 Å². The first-order valence-electron chi connectivity index (χ1n) is 6.27. The van der Waals surface area contributed by atoms with Gasteiger partial charge >= 0.3 is 11.9 Å². The van der Waals surface area contributed by atoms with Crippen LogP contribution in [-0.4, -0.2) is 38.9 Å². The van der Waals surface area contributed by atoms with Crippen LogP contribution in [-0.2, 0) is 9.53 Å². The maximum absolute atomic E-state index is 11.6. The first-order chi connectivity index (χ1) is 9.36. The van der Waals surface area contributed by atoms with Crippen LogP contribution in [0.25, 0.3) is 0 Å². The molecular formula is C13H18N2O4S. The standard InChI is InChI=1S/C13H18N2O4S/c1-5-19-12(18)9-6-14-13(15-8(9)4)20-10(7(2)3)11(16)17/h6-7,10H,5H2,1-4H3,(H,16,17). The second-order valence-corrected chi connectivity index (χ2v) is 5.60. The van der Waals surface area contributed by atoms with Crippen LogP contribution in [0.3, 0.4) is 0 Å². The van der Waals surface area contributed by atoms with E-state index in [9.17, 15) is 9.59 Å². The maximum atomic E-state index is 11.6. The summed E-state index contributed by atoms with van der Waals surface area (Å²) in [6.45, 7) is 7.32. The quantitative estimate of drug-likeness (QED) is 0.489. The molecule has 0 fully saturated rings.